The molecule has 3 rings (SSSR count). The van der Waals surface area contributed by atoms with Gasteiger partial charge in [0.2, 0.25) is 5.91 Å². The van der Waals surface area contributed by atoms with Crippen LogP contribution in [0.3, 0.4) is 0 Å². The molecule has 0 saturated heterocycles. The summed E-state index contributed by atoms with van der Waals surface area (Å²) < 4.78 is 5.55. The van der Waals surface area contributed by atoms with Gasteiger partial charge in [-0.05, 0) is 84.7 Å². The van der Waals surface area contributed by atoms with E-state index in [2.05, 4.69) is 25.2 Å². The van der Waals surface area contributed by atoms with E-state index in [1.165, 1.54) is 12.5 Å². The van der Waals surface area contributed by atoms with Gasteiger partial charge in [0, 0.05) is 6.92 Å². The highest BCUT2D eigenvalue weighted by molar-refractivity contribution is 5.79. The van der Waals surface area contributed by atoms with E-state index in [0.29, 0.717) is 5.56 Å². The molecule has 4 nitrogen and oxygen atoms in total. The van der Waals surface area contributed by atoms with E-state index in [0.717, 1.165) is 46.4 Å². The number of fused-ring (bicyclic) bond motifs is 3. The molecule has 0 spiro atoms. The standard InChI is InChI=1S/C22H25NO3/c1-12-6-8-17-18(11-20(12)25)19(23-15(4)24)9-7-16-10-21(26-5)13(2)14(3)22(16)17/h6,8,10-11,19H,7,9H2,1-5H3,(H,23,24)/t19-/m1/s1. The van der Waals surface area contributed by atoms with Gasteiger partial charge in [0.25, 0.3) is 0 Å². The number of hydrogen-bond donors (Lipinski definition) is 1. The van der Waals surface area contributed by atoms with Gasteiger partial charge in [-0.2, -0.15) is 0 Å². The van der Waals surface area contributed by atoms with Crippen LogP contribution in [0.2, 0.25) is 0 Å². The first kappa shape index (κ1) is 18.2. The average Bonchev–Trinajstić information content (AvgIpc) is 2.82. The third kappa shape index (κ3) is 3.12. The Balaban J connectivity index is 2.37. The lowest BCUT2D eigenvalue weighted by molar-refractivity contribution is -0.119. The second kappa shape index (κ2) is 6.94. The van der Waals surface area contributed by atoms with Crippen molar-refractivity contribution in [3.63, 3.8) is 0 Å². The number of carbonyl (C=O) groups is 1. The molecule has 1 amide bonds. The van der Waals surface area contributed by atoms with Crippen molar-refractivity contribution in [3.05, 3.63) is 62.3 Å². The van der Waals surface area contributed by atoms with E-state index in [9.17, 15) is 9.59 Å². The summed E-state index contributed by atoms with van der Waals surface area (Å²) in [5, 5.41) is 3.03. The molecule has 0 unspecified atom stereocenters. The number of benzene rings is 1. The van der Waals surface area contributed by atoms with Crippen molar-refractivity contribution >= 4 is 5.91 Å². The summed E-state index contributed by atoms with van der Waals surface area (Å²) in [4.78, 5) is 24.2. The second-order valence-corrected chi connectivity index (χ2v) is 7.05. The first-order valence-electron chi connectivity index (χ1n) is 8.93. The molecule has 1 aliphatic carbocycles. The van der Waals surface area contributed by atoms with Crippen LogP contribution in [0, 0.1) is 20.8 Å². The van der Waals surface area contributed by atoms with E-state index in [4.69, 9.17) is 4.74 Å². The van der Waals surface area contributed by atoms with Crippen molar-refractivity contribution in [1.29, 1.82) is 0 Å². The monoisotopic (exact) mass is 351 g/mol. The molecule has 136 valence electrons. The van der Waals surface area contributed by atoms with Gasteiger partial charge in [0.1, 0.15) is 5.75 Å². The lowest BCUT2D eigenvalue weighted by Crippen LogP contribution is -2.26. The number of nitrogens with one attached hydrogen (secondary N) is 1. The van der Waals surface area contributed by atoms with Crippen LogP contribution in [0.15, 0.2) is 29.1 Å². The Morgan fingerprint density at radius 1 is 1.15 bits per heavy atom. The van der Waals surface area contributed by atoms with Gasteiger partial charge in [-0.3, -0.25) is 9.59 Å². The quantitative estimate of drug-likeness (QED) is 0.896. The first-order valence-corrected chi connectivity index (χ1v) is 8.93. The van der Waals surface area contributed by atoms with Crippen LogP contribution >= 0.6 is 0 Å². The van der Waals surface area contributed by atoms with E-state index in [1.807, 2.05) is 19.1 Å². The number of amides is 1. The van der Waals surface area contributed by atoms with E-state index < -0.39 is 0 Å². The highest BCUT2D eigenvalue weighted by Crippen LogP contribution is 2.41. The lowest BCUT2D eigenvalue weighted by Gasteiger charge is -2.18. The molecule has 0 bridgehead atoms. The second-order valence-electron chi connectivity index (χ2n) is 7.05. The third-order valence-electron chi connectivity index (χ3n) is 5.36. The molecule has 0 saturated carbocycles. The maximum Gasteiger partial charge on any atom is 0.217 e. The number of hydrogen-bond acceptors (Lipinski definition) is 3. The normalized spacial score (nSPS) is 15.5. The Morgan fingerprint density at radius 3 is 2.54 bits per heavy atom. The van der Waals surface area contributed by atoms with Crippen LogP contribution in [0.4, 0.5) is 0 Å². The Kier molecular flexibility index (Phi) is 4.86. The summed E-state index contributed by atoms with van der Waals surface area (Å²) in [6.07, 6.45) is 1.55. The van der Waals surface area contributed by atoms with Crippen molar-refractivity contribution in [2.45, 2.75) is 46.6 Å². The van der Waals surface area contributed by atoms with Gasteiger partial charge in [0.05, 0.1) is 13.2 Å². The Labute approximate surface area is 154 Å². The van der Waals surface area contributed by atoms with Crippen molar-refractivity contribution in [2.75, 3.05) is 7.11 Å². The molecule has 4 heteroatoms. The fraction of sp³-hybridized carbons (Fsp3) is 0.364. The van der Waals surface area contributed by atoms with Crippen LogP contribution in [0.1, 0.15) is 47.2 Å². The van der Waals surface area contributed by atoms with Gasteiger partial charge < -0.3 is 10.1 Å². The highest BCUT2D eigenvalue weighted by atomic mass is 16.5. The highest BCUT2D eigenvalue weighted by Gasteiger charge is 2.25. The fourth-order valence-corrected chi connectivity index (χ4v) is 3.82. The Hall–Kier alpha value is -2.62. The SMILES string of the molecule is COc1cc2c(c(C)c1C)-c1ccc(C)c(=O)cc1[C@H](NC(C)=O)CC2. The molecular weight excluding hydrogens is 326 g/mol. The number of ether oxygens (including phenoxy) is 1. The van der Waals surface area contributed by atoms with Gasteiger partial charge in [0.15, 0.2) is 5.43 Å². The van der Waals surface area contributed by atoms with Crippen LogP contribution < -0.4 is 15.5 Å². The molecular formula is C22H25NO3. The summed E-state index contributed by atoms with van der Waals surface area (Å²) in [5.74, 6) is 0.787. The van der Waals surface area contributed by atoms with Gasteiger partial charge >= 0.3 is 0 Å². The first-order chi connectivity index (χ1) is 12.3. The summed E-state index contributed by atoms with van der Waals surface area (Å²) >= 11 is 0. The molecule has 0 radical (unpaired) electrons. The van der Waals surface area contributed by atoms with Crippen molar-refractivity contribution in [3.8, 4) is 16.9 Å². The summed E-state index contributed by atoms with van der Waals surface area (Å²) in [5.41, 5.74) is 7.20. The molecule has 1 aliphatic rings. The molecule has 2 aromatic rings. The van der Waals surface area contributed by atoms with Crippen LogP contribution in [-0.4, -0.2) is 13.0 Å². The van der Waals surface area contributed by atoms with E-state index in [1.54, 1.807) is 13.2 Å². The molecule has 2 aromatic carbocycles. The topological polar surface area (TPSA) is 55.4 Å². The summed E-state index contributed by atoms with van der Waals surface area (Å²) in [7, 11) is 1.69. The molecule has 1 atom stereocenters. The summed E-state index contributed by atoms with van der Waals surface area (Å²) in [6, 6.07) is 7.50. The fourth-order valence-electron chi connectivity index (χ4n) is 3.82. The predicted octanol–water partition coefficient (Wildman–Crippen LogP) is 3.77. The average molecular weight is 351 g/mol. The molecule has 26 heavy (non-hydrogen) atoms. The smallest absolute Gasteiger partial charge is 0.217 e. The Morgan fingerprint density at radius 2 is 1.88 bits per heavy atom. The van der Waals surface area contributed by atoms with Gasteiger partial charge in [-0.25, -0.2) is 0 Å². The zero-order chi connectivity index (χ0) is 19.0. The largest absolute Gasteiger partial charge is 0.496 e. The Bertz CT molecular complexity index is 947. The number of aryl methyl sites for hydroxylation is 2. The minimum atomic E-state index is -0.180. The molecule has 0 heterocycles. The molecule has 0 aliphatic heterocycles. The van der Waals surface area contributed by atoms with Crippen molar-refractivity contribution in [2.24, 2.45) is 0 Å². The number of carbonyl (C=O) groups excluding carboxylic acids is 1. The summed E-state index contributed by atoms with van der Waals surface area (Å²) in [6.45, 7) is 7.49. The maximum absolute atomic E-state index is 12.5. The number of rotatable bonds is 2. The van der Waals surface area contributed by atoms with Crippen LogP contribution in [0.25, 0.3) is 11.1 Å². The molecule has 0 aromatic heterocycles. The van der Waals surface area contributed by atoms with Crippen LogP contribution in [0.5, 0.6) is 5.75 Å². The minimum Gasteiger partial charge on any atom is -0.496 e. The van der Waals surface area contributed by atoms with Gasteiger partial charge in [-0.1, -0.05) is 12.1 Å². The van der Waals surface area contributed by atoms with Gasteiger partial charge in [-0.15, -0.1) is 0 Å². The lowest BCUT2D eigenvalue weighted by atomic mass is 9.90. The molecule has 1 N–H and O–H groups in total. The minimum absolute atomic E-state index is 0.00654. The maximum atomic E-state index is 12.5. The zero-order valence-corrected chi connectivity index (χ0v) is 16.0. The van der Waals surface area contributed by atoms with E-state index in [-0.39, 0.29) is 17.4 Å². The van der Waals surface area contributed by atoms with Crippen molar-refractivity contribution in [1.82, 2.24) is 5.32 Å². The van der Waals surface area contributed by atoms with Crippen molar-refractivity contribution < 1.29 is 9.53 Å². The zero-order valence-electron chi connectivity index (χ0n) is 16.0. The number of methoxy groups -OCH3 is 1. The molecule has 0 fully saturated rings. The third-order valence-corrected chi connectivity index (χ3v) is 5.36. The van der Waals surface area contributed by atoms with E-state index >= 15 is 0 Å². The predicted molar refractivity (Wildman–Crippen MR) is 104 cm³/mol. The van der Waals surface area contributed by atoms with Crippen LogP contribution in [-0.2, 0) is 11.2 Å².